The van der Waals surface area contributed by atoms with Crippen molar-refractivity contribution in [2.24, 2.45) is 5.92 Å². The van der Waals surface area contributed by atoms with E-state index in [-0.39, 0.29) is 23.2 Å². The summed E-state index contributed by atoms with van der Waals surface area (Å²) >= 11 is 15.4. The summed E-state index contributed by atoms with van der Waals surface area (Å²) in [5.41, 5.74) is 2.69. The van der Waals surface area contributed by atoms with Gasteiger partial charge in [0.25, 0.3) is 11.8 Å². The molecule has 50 heavy (non-hydrogen) atoms. The average molecular weight is 751 g/mol. The molecule has 3 amide bonds. The van der Waals surface area contributed by atoms with E-state index in [9.17, 15) is 19.2 Å². The minimum atomic E-state index is -0.584. The molecule has 260 valence electrons. The number of hydrogen-bond donors (Lipinski definition) is 3. The van der Waals surface area contributed by atoms with Gasteiger partial charge in [-0.2, -0.15) is 0 Å². The Hall–Kier alpha value is -4.09. The van der Waals surface area contributed by atoms with Gasteiger partial charge in [-0.25, -0.2) is 4.79 Å². The second-order valence-corrected chi connectivity index (χ2v) is 14.9. The van der Waals surface area contributed by atoms with E-state index >= 15 is 0 Å². The lowest BCUT2D eigenvalue weighted by molar-refractivity contribution is -0.116. The summed E-state index contributed by atoms with van der Waals surface area (Å²) < 4.78 is 5.37. The van der Waals surface area contributed by atoms with Gasteiger partial charge in [0.15, 0.2) is 0 Å². The fourth-order valence-electron chi connectivity index (χ4n) is 5.51. The fourth-order valence-corrected chi connectivity index (χ4v) is 8.29. The molecule has 5 rings (SSSR count). The number of nitrogens with one attached hydrogen (secondary N) is 3. The van der Waals surface area contributed by atoms with Crippen molar-refractivity contribution in [2.45, 2.75) is 56.6 Å². The number of fused-ring (bicyclic) bond motifs is 1. The topological polar surface area (TPSA) is 114 Å². The Kier molecular flexibility index (Phi) is 12.8. The minimum absolute atomic E-state index is 0.0441. The van der Waals surface area contributed by atoms with Crippen molar-refractivity contribution in [3.05, 3.63) is 116 Å². The zero-order valence-corrected chi connectivity index (χ0v) is 31.0. The number of amides is 3. The molecule has 2 atom stereocenters. The van der Waals surface area contributed by atoms with Crippen LogP contribution in [0.5, 0.6) is 0 Å². The molecule has 1 aliphatic carbocycles. The number of halogens is 2. The molecular weight excluding hydrogens is 713 g/mol. The molecule has 0 aliphatic heterocycles. The summed E-state index contributed by atoms with van der Waals surface area (Å²) in [7, 11) is 0. The highest BCUT2D eigenvalue weighted by Crippen LogP contribution is 2.41. The van der Waals surface area contributed by atoms with Crippen LogP contribution < -0.4 is 16.0 Å². The van der Waals surface area contributed by atoms with Crippen molar-refractivity contribution in [2.75, 3.05) is 17.2 Å². The van der Waals surface area contributed by atoms with Gasteiger partial charge in [0, 0.05) is 21.0 Å². The second kappa shape index (κ2) is 17.2. The number of thiophene rings is 1. The highest BCUT2D eigenvalue weighted by molar-refractivity contribution is 8.00. The van der Waals surface area contributed by atoms with Crippen molar-refractivity contribution in [1.29, 1.82) is 0 Å². The lowest BCUT2D eigenvalue weighted by Gasteiger charge is -2.18. The maximum Gasteiger partial charge on any atom is 0.341 e. The molecule has 1 heterocycles. The Labute approximate surface area is 310 Å². The zero-order chi connectivity index (χ0) is 35.8. The standard InChI is InChI=1S/C38H37Cl2N3O5S2/c1-4-30(36(46)43-37-32(38(47)48-5-2)27-18-17-22(3)19-31(27)50-37)49-26-15-10-14-25(21-26)41-35(45)29(20-24-13-9-16-28(39)33(24)40)42-34(44)23-11-7-6-8-12-23/h6-16,20-22,30H,4-5,17-19H2,1-3H3,(H,41,45)(H,42,44)(H,43,46)/b29-20+. The van der Waals surface area contributed by atoms with Crippen molar-refractivity contribution in [1.82, 2.24) is 5.32 Å². The molecule has 4 aromatic rings. The van der Waals surface area contributed by atoms with Crippen LogP contribution in [0.4, 0.5) is 10.7 Å². The van der Waals surface area contributed by atoms with Crippen LogP contribution in [0.3, 0.4) is 0 Å². The lowest BCUT2D eigenvalue weighted by Crippen LogP contribution is -2.30. The maximum atomic E-state index is 13.6. The van der Waals surface area contributed by atoms with E-state index in [1.54, 1.807) is 73.7 Å². The molecule has 1 aliphatic rings. The van der Waals surface area contributed by atoms with Crippen LogP contribution in [0.25, 0.3) is 6.08 Å². The first-order valence-electron chi connectivity index (χ1n) is 16.3. The SMILES string of the molecule is CCOC(=O)c1c(NC(=O)C(CC)Sc2cccc(NC(=O)/C(=C\c3cccc(Cl)c3Cl)NC(=O)c3ccccc3)c2)sc2c1CCC(C)C2. The number of hydrogen-bond acceptors (Lipinski definition) is 7. The maximum absolute atomic E-state index is 13.6. The summed E-state index contributed by atoms with van der Waals surface area (Å²) in [5, 5.41) is 9.18. The first-order valence-corrected chi connectivity index (χ1v) is 18.8. The van der Waals surface area contributed by atoms with Crippen LogP contribution in [0.1, 0.15) is 70.3 Å². The van der Waals surface area contributed by atoms with E-state index in [0.29, 0.717) is 44.7 Å². The number of esters is 1. The van der Waals surface area contributed by atoms with Crippen molar-refractivity contribution in [3.63, 3.8) is 0 Å². The smallest absolute Gasteiger partial charge is 0.341 e. The molecule has 3 N–H and O–H groups in total. The largest absolute Gasteiger partial charge is 0.462 e. The van der Waals surface area contributed by atoms with E-state index in [4.69, 9.17) is 27.9 Å². The summed E-state index contributed by atoms with van der Waals surface area (Å²) in [6, 6.07) is 20.6. The fraction of sp³-hybridized carbons (Fsp3) is 0.263. The van der Waals surface area contributed by atoms with Gasteiger partial charge < -0.3 is 20.7 Å². The molecule has 3 aromatic carbocycles. The van der Waals surface area contributed by atoms with E-state index in [0.717, 1.165) is 34.6 Å². The van der Waals surface area contributed by atoms with E-state index in [1.165, 1.54) is 29.2 Å². The third kappa shape index (κ3) is 9.17. The van der Waals surface area contributed by atoms with Gasteiger partial charge in [0.2, 0.25) is 5.91 Å². The Morgan fingerprint density at radius 1 is 1.00 bits per heavy atom. The number of benzene rings is 3. The molecule has 0 fully saturated rings. The molecule has 2 unspecified atom stereocenters. The Morgan fingerprint density at radius 2 is 1.76 bits per heavy atom. The van der Waals surface area contributed by atoms with E-state index < -0.39 is 23.0 Å². The average Bonchev–Trinajstić information content (AvgIpc) is 3.46. The first kappa shape index (κ1) is 37.2. The van der Waals surface area contributed by atoms with Crippen LogP contribution >= 0.6 is 46.3 Å². The number of carbonyl (C=O) groups is 4. The molecule has 0 bridgehead atoms. The molecule has 0 saturated heterocycles. The van der Waals surface area contributed by atoms with Crippen LogP contribution in [0.15, 0.2) is 83.4 Å². The molecule has 1 aromatic heterocycles. The third-order valence-corrected chi connectivity index (χ3v) is 11.4. The van der Waals surface area contributed by atoms with Gasteiger partial charge in [-0.1, -0.05) is 73.4 Å². The summed E-state index contributed by atoms with van der Waals surface area (Å²) in [6.07, 6.45) is 4.61. The zero-order valence-electron chi connectivity index (χ0n) is 27.8. The Morgan fingerprint density at radius 3 is 2.50 bits per heavy atom. The van der Waals surface area contributed by atoms with E-state index in [2.05, 4.69) is 22.9 Å². The van der Waals surface area contributed by atoms with Crippen LogP contribution in [0.2, 0.25) is 10.0 Å². The number of carbonyl (C=O) groups excluding carboxylic acids is 4. The molecular formula is C38H37Cl2N3O5S2. The van der Waals surface area contributed by atoms with Gasteiger partial charge in [0.1, 0.15) is 10.7 Å². The number of ether oxygens (including phenoxy) is 1. The number of anilines is 2. The normalized spacial score (nSPS) is 14.7. The summed E-state index contributed by atoms with van der Waals surface area (Å²) in [6.45, 7) is 6.13. The number of rotatable bonds is 12. The lowest BCUT2D eigenvalue weighted by atomic mass is 9.88. The second-order valence-electron chi connectivity index (χ2n) is 11.8. The summed E-state index contributed by atoms with van der Waals surface area (Å²) in [5.74, 6) is -1.19. The minimum Gasteiger partial charge on any atom is -0.462 e. The van der Waals surface area contributed by atoms with Gasteiger partial charge in [-0.3, -0.25) is 14.4 Å². The predicted octanol–water partition coefficient (Wildman–Crippen LogP) is 9.28. The van der Waals surface area contributed by atoms with Crippen molar-refractivity contribution < 1.29 is 23.9 Å². The van der Waals surface area contributed by atoms with E-state index in [1.807, 2.05) is 13.0 Å². The third-order valence-electron chi connectivity index (χ3n) is 8.07. The monoisotopic (exact) mass is 749 g/mol. The van der Waals surface area contributed by atoms with Crippen molar-refractivity contribution >= 4 is 86.8 Å². The molecule has 12 heteroatoms. The van der Waals surface area contributed by atoms with Crippen molar-refractivity contribution in [3.8, 4) is 0 Å². The van der Waals surface area contributed by atoms with Gasteiger partial charge >= 0.3 is 5.97 Å². The van der Waals surface area contributed by atoms with Gasteiger partial charge in [-0.05, 0) is 92.1 Å². The number of thioether (sulfide) groups is 1. The molecule has 8 nitrogen and oxygen atoms in total. The first-order chi connectivity index (χ1) is 24.1. The molecule has 0 radical (unpaired) electrons. The van der Waals surface area contributed by atoms with Crippen LogP contribution in [-0.2, 0) is 27.2 Å². The molecule has 0 saturated carbocycles. The summed E-state index contributed by atoms with van der Waals surface area (Å²) in [4.78, 5) is 55.2. The van der Waals surface area contributed by atoms with Crippen LogP contribution in [-0.4, -0.2) is 35.5 Å². The highest BCUT2D eigenvalue weighted by Gasteiger charge is 2.30. The quantitative estimate of drug-likeness (QED) is 0.0756. The Bertz CT molecular complexity index is 1930. The Balaban J connectivity index is 1.33. The van der Waals surface area contributed by atoms with Crippen LogP contribution in [0, 0.1) is 5.92 Å². The predicted molar refractivity (Wildman–Crippen MR) is 203 cm³/mol. The highest BCUT2D eigenvalue weighted by atomic mass is 35.5. The van der Waals surface area contributed by atoms with Gasteiger partial charge in [0.05, 0.1) is 27.5 Å². The van der Waals surface area contributed by atoms with Gasteiger partial charge in [-0.15, -0.1) is 23.1 Å². The molecule has 0 spiro atoms.